The van der Waals surface area contributed by atoms with Crippen LogP contribution in [-0.2, 0) is 0 Å². The van der Waals surface area contributed by atoms with Crippen LogP contribution in [0, 0.1) is 5.41 Å². The normalized spacial score (nSPS) is 14.9. The largest absolute Gasteiger partial charge is 0.112 e. The third-order valence-electron chi connectivity index (χ3n) is 5.45. The van der Waals surface area contributed by atoms with E-state index >= 15 is 0 Å². The molecule has 0 saturated heterocycles. The molecule has 25 heavy (non-hydrogen) atoms. The molecule has 2 aromatic rings. The van der Waals surface area contributed by atoms with Crippen molar-refractivity contribution in [2.45, 2.75) is 58.8 Å². The first-order valence-corrected chi connectivity index (χ1v) is 9.90. The fourth-order valence-corrected chi connectivity index (χ4v) is 3.78. The van der Waals surface area contributed by atoms with E-state index in [1.807, 2.05) is 0 Å². The lowest BCUT2D eigenvalue weighted by Crippen LogP contribution is -2.00. The SMILES string of the molecule is CCCCC1(CCCC)CC1=C=C(c1ccccc1)c1ccccc1. The quantitative estimate of drug-likeness (QED) is 0.442. The van der Waals surface area contributed by atoms with Crippen LogP contribution in [0.4, 0.5) is 0 Å². The van der Waals surface area contributed by atoms with Gasteiger partial charge in [0.05, 0.1) is 0 Å². The molecule has 0 bridgehead atoms. The van der Waals surface area contributed by atoms with E-state index < -0.39 is 0 Å². The molecular formula is C25H30. The molecule has 1 fully saturated rings. The lowest BCUT2D eigenvalue weighted by Gasteiger charge is -2.13. The van der Waals surface area contributed by atoms with Crippen molar-refractivity contribution in [2.24, 2.45) is 5.41 Å². The molecule has 0 heterocycles. The van der Waals surface area contributed by atoms with Crippen LogP contribution in [-0.4, -0.2) is 0 Å². The Bertz CT molecular complexity index is 681. The number of rotatable bonds is 8. The zero-order valence-corrected chi connectivity index (χ0v) is 15.7. The van der Waals surface area contributed by atoms with Gasteiger partial charge in [-0.3, -0.25) is 0 Å². The van der Waals surface area contributed by atoms with Gasteiger partial charge in [0.25, 0.3) is 0 Å². The van der Waals surface area contributed by atoms with Gasteiger partial charge in [-0.05, 0) is 36.0 Å². The summed E-state index contributed by atoms with van der Waals surface area (Å²) in [6.45, 7) is 4.60. The molecule has 1 saturated carbocycles. The minimum Gasteiger partial charge on any atom is -0.112 e. The van der Waals surface area contributed by atoms with Gasteiger partial charge in [0.15, 0.2) is 0 Å². The van der Waals surface area contributed by atoms with Gasteiger partial charge < -0.3 is 0 Å². The summed E-state index contributed by atoms with van der Waals surface area (Å²) in [5.41, 5.74) is 9.66. The third-order valence-corrected chi connectivity index (χ3v) is 5.45. The van der Waals surface area contributed by atoms with E-state index in [9.17, 15) is 0 Å². The Labute approximate surface area is 153 Å². The molecule has 0 spiro atoms. The van der Waals surface area contributed by atoms with Crippen LogP contribution < -0.4 is 0 Å². The van der Waals surface area contributed by atoms with Crippen molar-refractivity contribution in [1.29, 1.82) is 0 Å². The Kier molecular flexibility index (Phi) is 5.95. The second kappa shape index (κ2) is 8.37. The Hall–Kier alpha value is -2.04. The molecule has 1 aliphatic carbocycles. The fourth-order valence-electron chi connectivity index (χ4n) is 3.78. The minimum absolute atomic E-state index is 0.445. The maximum Gasteiger partial charge on any atom is 0.0309 e. The van der Waals surface area contributed by atoms with Gasteiger partial charge in [0.1, 0.15) is 0 Å². The average molecular weight is 331 g/mol. The highest BCUT2D eigenvalue weighted by molar-refractivity contribution is 5.80. The first-order chi connectivity index (χ1) is 12.3. The molecule has 0 radical (unpaired) electrons. The zero-order chi connectivity index (χ0) is 17.5. The van der Waals surface area contributed by atoms with Crippen LogP contribution in [0.1, 0.15) is 69.9 Å². The van der Waals surface area contributed by atoms with Crippen molar-refractivity contribution in [3.05, 3.63) is 83.1 Å². The van der Waals surface area contributed by atoms with Gasteiger partial charge in [-0.1, -0.05) is 100 Å². The highest BCUT2D eigenvalue weighted by Gasteiger charge is 2.47. The van der Waals surface area contributed by atoms with E-state index in [1.165, 1.54) is 61.6 Å². The van der Waals surface area contributed by atoms with Crippen LogP contribution in [0.15, 0.2) is 72.0 Å². The second-order valence-corrected chi connectivity index (χ2v) is 7.37. The summed E-state index contributed by atoms with van der Waals surface area (Å²) in [5.74, 6) is 0. The molecule has 0 atom stereocenters. The van der Waals surface area contributed by atoms with Crippen molar-refractivity contribution in [3.63, 3.8) is 0 Å². The molecule has 3 rings (SSSR count). The van der Waals surface area contributed by atoms with E-state index in [4.69, 9.17) is 0 Å². The van der Waals surface area contributed by atoms with Crippen molar-refractivity contribution >= 4 is 5.57 Å². The van der Waals surface area contributed by atoms with E-state index in [1.54, 1.807) is 5.57 Å². The highest BCUT2D eigenvalue weighted by atomic mass is 14.5. The molecule has 0 amide bonds. The van der Waals surface area contributed by atoms with Gasteiger partial charge in [0, 0.05) is 11.0 Å². The first-order valence-electron chi connectivity index (χ1n) is 9.90. The number of allylic oxidation sites excluding steroid dienone is 1. The summed E-state index contributed by atoms with van der Waals surface area (Å²) in [6.07, 6.45) is 9.16. The number of hydrogen-bond acceptors (Lipinski definition) is 0. The van der Waals surface area contributed by atoms with E-state index in [0.29, 0.717) is 5.41 Å². The minimum atomic E-state index is 0.445. The molecular weight excluding hydrogens is 300 g/mol. The molecule has 0 heteroatoms. The Morgan fingerprint density at radius 3 is 1.72 bits per heavy atom. The monoisotopic (exact) mass is 330 g/mol. The smallest absolute Gasteiger partial charge is 0.0309 e. The van der Waals surface area contributed by atoms with Crippen LogP contribution in [0.5, 0.6) is 0 Å². The summed E-state index contributed by atoms with van der Waals surface area (Å²) in [7, 11) is 0. The molecule has 0 nitrogen and oxygen atoms in total. The average Bonchev–Trinajstić information content (AvgIpc) is 3.37. The first kappa shape index (κ1) is 17.8. The van der Waals surface area contributed by atoms with Crippen LogP contribution in [0.2, 0.25) is 0 Å². The van der Waals surface area contributed by atoms with E-state index in [0.717, 1.165) is 0 Å². The topological polar surface area (TPSA) is 0 Å². The zero-order valence-electron chi connectivity index (χ0n) is 15.7. The van der Waals surface area contributed by atoms with Gasteiger partial charge >= 0.3 is 0 Å². The Morgan fingerprint density at radius 1 is 0.800 bits per heavy atom. The van der Waals surface area contributed by atoms with Crippen LogP contribution in [0.3, 0.4) is 0 Å². The van der Waals surface area contributed by atoms with Gasteiger partial charge in [-0.25, -0.2) is 0 Å². The van der Waals surface area contributed by atoms with Crippen molar-refractivity contribution in [1.82, 2.24) is 0 Å². The van der Waals surface area contributed by atoms with Gasteiger partial charge in [-0.2, -0.15) is 0 Å². The molecule has 0 aliphatic heterocycles. The summed E-state index contributed by atoms with van der Waals surface area (Å²) in [6, 6.07) is 21.5. The Morgan fingerprint density at radius 2 is 1.28 bits per heavy atom. The predicted molar refractivity (Wildman–Crippen MR) is 109 cm³/mol. The molecule has 0 N–H and O–H groups in total. The lowest BCUT2D eigenvalue weighted by atomic mass is 9.91. The van der Waals surface area contributed by atoms with Gasteiger partial charge in [-0.15, -0.1) is 5.73 Å². The molecule has 2 aromatic carbocycles. The number of benzene rings is 2. The highest BCUT2D eigenvalue weighted by Crippen LogP contribution is 2.59. The van der Waals surface area contributed by atoms with Crippen molar-refractivity contribution in [2.75, 3.05) is 0 Å². The number of unbranched alkanes of at least 4 members (excludes halogenated alkanes) is 2. The van der Waals surface area contributed by atoms with E-state index in [2.05, 4.69) is 80.2 Å². The number of hydrogen-bond donors (Lipinski definition) is 0. The summed E-state index contributed by atoms with van der Waals surface area (Å²) < 4.78 is 0. The van der Waals surface area contributed by atoms with Crippen LogP contribution in [0.25, 0.3) is 5.57 Å². The fraction of sp³-hybridized carbons (Fsp3) is 0.400. The van der Waals surface area contributed by atoms with Gasteiger partial charge in [0.2, 0.25) is 0 Å². The molecule has 1 aliphatic rings. The summed E-state index contributed by atoms with van der Waals surface area (Å²) >= 11 is 0. The van der Waals surface area contributed by atoms with Crippen molar-refractivity contribution < 1.29 is 0 Å². The summed E-state index contributed by atoms with van der Waals surface area (Å²) in [5, 5.41) is 0. The third kappa shape index (κ3) is 4.33. The lowest BCUT2D eigenvalue weighted by molar-refractivity contribution is 0.418. The van der Waals surface area contributed by atoms with Crippen molar-refractivity contribution in [3.8, 4) is 0 Å². The maximum atomic E-state index is 3.87. The second-order valence-electron chi connectivity index (χ2n) is 7.37. The molecule has 0 aromatic heterocycles. The standard InChI is InChI=1S/C25H30/c1-3-5-17-25(18-6-4-2)20-23(25)19-24(21-13-9-7-10-14-21)22-15-11-8-12-16-22/h7-16H,3-6,17-18,20H2,1-2H3. The molecule has 130 valence electrons. The Balaban J connectivity index is 2.02. The summed E-state index contributed by atoms with van der Waals surface area (Å²) in [4.78, 5) is 0. The maximum absolute atomic E-state index is 3.87. The predicted octanol–water partition coefficient (Wildman–Crippen LogP) is 7.41. The van der Waals surface area contributed by atoms with E-state index in [-0.39, 0.29) is 0 Å². The van der Waals surface area contributed by atoms with Crippen LogP contribution >= 0.6 is 0 Å². The molecule has 0 unspecified atom stereocenters.